The number of ether oxygens (including phenoxy) is 1. The molecule has 0 radical (unpaired) electrons. The number of carbonyl (C=O) groups is 2. The average Bonchev–Trinajstić information content (AvgIpc) is 3.79. The summed E-state index contributed by atoms with van der Waals surface area (Å²) in [5.74, 6) is -1.18. The van der Waals surface area contributed by atoms with Crippen LogP contribution in [0.3, 0.4) is 0 Å². The Labute approximate surface area is 303 Å². The van der Waals surface area contributed by atoms with Gasteiger partial charge in [-0.15, -0.1) is 5.10 Å². The minimum absolute atomic E-state index is 0.110. The molecule has 1 fully saturated rings. The van der Waals surface area contributed by atoms with E-state index in [-0.39, 0.29) is 30.9 Å². The van der Waals surface area contributed by atoms with Crippen molar-refractivity contribution < 1.29 is 23.5 Å². The van der Waals surface area contributed by atoms with Crippen LogP contribution in [-0.2, 0) is 28.2 Å². The molecular weight excluding hydrogens is 676 g/mol. The second-order valence-corrected chi connectivity index (χ2v) is 18.1. The molecule has 0 aliphatic carbocycles. The van der Waals surface area contributed by atoms with Gasteiger partial charge in [-0.05, 0) is 73.1 Å². The number of aliphatic hydroxyl groups excluding tert-OH is 1. The number of nitrogens with zero attached hydrogens (tertiary/aromatic N) is 4. The zero-order valence-electron chi connectivity index (χ0n) is 29.4. The Morgan fingerprint density at radius 2 is 1.71 bits per heavy atom. The Hall–Kier alpha value is -5.17. The molecule has 2 aliphatic rings. The Morgan fingerprint density at radius 1 is 1.02 bits per heavy atom. The Morgan fingerprint density at radius 3 is 2.40 bits per heavy atom. The number of aryl methyl sites for hydroxylation is 1. The van der Waals surface area contributed by atoms with E-state index in [1.807, 2.05) is 92.0 Å². The lowest BCUT2D eigenvalue weighted by molar-refractivity contribution is -0.146. The zero-order valence-corrected chi connectivity index (χ0v) is 30.4. The summed E-state index contributed by atoms with van der Waals surface area (Å²) in [5.41, 5.74) is 9.61. The Balaban J connectivity index is 1.10. The summed E-state index contributed by atoms with van der Waals surface area (Å²) < 4.78 is 24.9. The summed E-state index contributed by atoms with van der Waals surface area (Å²) >= 11 is 0. The third-order valence-corrected chi connectivity index (χ3v) is 13.0. The SMILES string of the molecule is C[C@H]1[C@H]([Si](C)(C)F)[C@@H](CCn2cc(C(CO)c3ccccc3)nn2)O[C@]12C(=O)N(Cc1ccc(NC(=O)c3ccc(N)cc3)cc1)c1ccccc12. The number of nitrogens with one attached hydrogen (secondary N) is 1. The smallest absolute Gasteiger partial charge is 0.264 e. The predicted octanol–water partition coefficient (Wildman–Crippen LogP) is 6.65. The molecule has 52 heavy (non-hydrogen) atoms. The topological polar surface area (TPSA) is 136 Å². The highest BCUT2D eigenvalue weighted by Gasteiger charge is 2.66. The number of fused-ring (bicyclic) bond motifs is 2. The molecule has 0 bridgehead atoms. The first-order valence-corrected chi connectivity index (χ1v) is 20.5. The van der Waals surface area contributed by atoms with Crippen LogP contribution in [-0.4, -0.2) is 53.0 Å². The van der Waals surface area contributed by atoms with E-state index >= 15 is 4.11 Å². The molecule has 0 saturated carbocycles. The maximum Gasteiger partial charge on any atom is 0.264 e. The molecule has 1 saturated heterocycles. The van der Waals surface area contributed by atoms with E-state index in [4.69, 9.17) is 10.5 Å². The van der Waals surface area contributed by atoms with Gasteiger partial charge in [0.25, 0.3) is 11.8 Å². The van der Waals surface area contributed by atoms with Crippen molar-refractivity contribution in [2.75, 3.05) is 22.6 Å². The highest BCUT2D eigenvalue weighted by Crippen LogP contribution is 2.60. The van der Waals surface area contributed by atoms with Crippen LogP contribution in [0.2, 0.25) is 18.6 Å². The van der Waals surface area contributed by atoms with Crippen LogP contribution in [0, 0.1) is 5.92 Å². The Kier molecular flexibility index (Phi) is 9.55. The molecular formula is C40H43FN6O4Si. The van der Waals surface area contributed by atoms with E-state index in [1.165, 1.54) is 0 Å². The molecule has 5 aromatic rings. The number of nitrogen functional groups attached to an aromatic ring is 1. The van der Waals surface area contributed by atoms with E-state index < -0.39 is 31.6 Å². The van der Waals surface area contributed by atoms with Crippen molar-refractivity contribution in [3.63, 3.8) is 0 Å². The van der Waals surface area contributed by atoms with Crippen LogP contribution < -0.4 is 16.0 Å². The van der Waals surface area contributed by atoms with Crippen molar-refractivity contribution in [2.45, 2.75) is 62.7 Å². The molecule has 3 heterocycles. The molecule has 2 aliphatic heterocycles. The van der Waals surface area contributed by atoms with Crippen molar-refractivity contribution in [3.8, 4) is 0 Å². The average molecular weight is 719 g/mol. The highest BCUT2D eigenvalue weighted by molar-refractivity contribution is 6.72. The number of anilines is 3. The number of carbonyl (C=O) groups excluding carboxylic acids is 2. The second-order valence-electron chi connectivity index (χ2n) is 14.3. The molecule has 2 amide bonds. The van der Waals surface area contributed by atoms with Gasteiger partial charge < -0.3 is 29.9 Å². The lowest BCUT2D eigenvalue weighted by Crippen LogP contribution is -2.45. The quantitative estimate of drug-likeness (QED) is 0.0791. The molecule has 10 nitrogen and oxygen atoms in total. The summed E-state index contributed by atoms with van der Waals surface area (Å²) in [7, 11) is -3.35. The minimum atomic E-state index is -3.35. The third-order valence-electron chi connectivity index (χ3n) is 10.5. The van der Waals surface area contributed by atoms with E-state index in [2.05, 4.69) is 15.6 Å². The fourth-order valence-corrected chi connectivity index (χ4v) is 10.6. The zero-order chi connectivity index (χ0) is 36.6. The number of aromatic nitrogens is 3. The number of amides is 2. The second kappa shape index (κ2) is 14.1. The fraction of sp³-hybridized carbons (Fsp3) is 0.300. The van der Waals surface area contributed by atoms with Crippen LogP contribution in [0.4, 0.5) is 21.2 Å². The fourth-order valence-electron chi connectivity index (χ4n) is 8.04. The summed E-state index contributed by atoms with van der Waals surface area (Å²) in [6, 6.07) is 31.4. The van der Waals surface area contributed by atoms with Gasteiger partial charge in [0.05, 0.1) is 36.6 Å². The maximum absolute atomic E-state index is 16.3. The number of rotatable bonds is 11. The van der Waals surface area contributed by atoms with Gasteiger partial charge in [0, 0.05) is 46.7 Å². The number of para-hydroxylation sites is 1. The van der Waals surface area contributed by atoms with Gasteiger partial charge in [0.2, 0.25) is 8.41 Å². The first-order valence-electron chi connectivity index (χ1n) is 17.6. The van der Waals surface area contributed by atoms with Crippen LogP contribution >= 0.6 is 0 Å². The molecule has 1 unspecified atom stereocenters. The van der Waals surface area contributed by atoms with E-state index in [1.54, 1.807) is 46.9 Å². The molecule has 7 rings (SSSR count). The Bertz CT molecular complexity index is 2050. The van der Waals surface area contributed by atoms with Gasteiger partial charge in [-0.1, -0.05) is 72.8 Å². The van der Waals surface area contributed by atoms with Crippen molar-refractivity contribution in [1.82, 2.24) is 15.0 Å². The first kappa shape index (κ1) is 35.2. The first-order chi connectivity index (χ1) is 25.0. The van der Waals surface area contributed by atoms with Crippen molar-refractivity contribution >= 4 is 37.3 Å². The van der Waals surface area contributed by atoms with Gasteiger partial charge in [0.15, 0.2) is 5.60 Å². The van der Waals surface area contributed by atoms with Gasteiger partial charge >= 0.3 is 0 Å². The van der Waals surface area contributed by atoms with Gasteiger partial charge in [-0.3, -0.25) is 14.3 Å². The van der Waals surface area contributed by atoms with Crippen molar-refractivity contribution in [2.24, 2.45) is 5.92 Å². The van der Waals surface area contributed by atoms with Crippen LogP contribution in [0.15, 0.2) is 109 Å². The van der Waals surface area contributed by atoms with Crippen LogP contribution in [0.1, 0.15) is 52.0 Å². The van der Waals surface area contributed by atoms with E-state index in [0.717, 1.165) is 22.4 Å². The lowest BCUT2D eigenvalue weighted by atomic mass is 9.82. The normalized spacial score (nSPS) is 21.8. The molecule has 1 aromatic heterocycles. The molecule has 5 atom stereocenters. The largest absolute Gasteiger partial charge is 0.399 e. The van der Waals surface area contributed by atoms with Crippen LogP contribution in [0.5, 0.6) is 0 Å². The summed E-state index contributed by atoms with van der Waals surface area (Å²) in [5, 5.41) is 21.7. The lowest BCUT2D eigenvalue weighted by Gasteiger charge is -2.31. The number of nitrogens with two attached hydrogens (primary N) is 1. The van der Waals surface area contributed by atoms with E-state index in [0.29, 0.717) is 35.6 Å². The number of benzene rings is 4. The van der Waals surface area contributed by atoms with Crippen molar-refractivity contribution in [3.05, 3.63) is 137 Å². The number of aliphatic hydroxyl groups is 1. The number of halogens is 1. The van der Waals surface area contributed by atoms with Gasteiger partial charge in [-0.2, -0.15) is 0 Å². The molecule has 12 heteroatoms. The molecule has 4 aromatic carbocycles. The van der Waals surface area contributed by atoms with Crippen molar-refractivity contribution in [1.29, 1.82) is 0 Å². The van der Waals surface area contributed by atoms with Gasteiger partial charge in [-0.25, -0.2) is 0 Å². The van der Waals surface area contributed by atoms with E-state index in [9.17, 15) is 14.7 Å². The molecule has 268 valence electrons. The summed E-state index contributed by atoms with van der Waals surface area (Å²) in [4.78, 5) is 29.2. The number of hydrogen-bond donors (Lipinski definition) is 3. The maximum atomic E-state index is 16.3. The number of hydrogen-bond acceptors (Lipinski definition) is 7. The third kappa shape index (κ3) is 6.53. The van der Waals surface area contributed by atoms with Gasteiger partial charge in [0.1, 0.15) is 0 Å². The summed E-state index contributed by atoms with van der Waals surface area (Å²) in [6.45, 7) is 5.92. The molecule has 4 N–H and O–H groups in total. The monoisotopic (exact) mass is 718 g/mol. The summed E-state index contributed by atoms with van der Waals surface area (Å²) in [6.07, 6.45) is 1.73. The molecule has 1 spiro atoms. The predicted molar refractivity (Wildman–Crippen MR) is 201 cm³/mol. The minimum Gasteiger partial charge on any atom is -0.399 e. The van der Waals surface area contributed by atoms with Crippen LogP contribution in [0.25, 0.3) is 0 Å². The highest BCUT2D eigenvalue weighted by atomic mass is 28.4. The standard InChI is InChI=1S/C40H43FN6O4Si/c1-26-37(52(2,3)41)36(21-22-46-24-34(44-45-46)32(25-48)28-9-5-4-6-10-28)51-40(26)33-11-7-8-12-35(33)47(39(40)50)23-27-13-19-31(20-14-27)43-38(49)29-15-17-30(42)18-16-29/h4-20,24,26,32,36-37,48H,21-23,25,42H2,1-3H3,(H,43,49)/t26-,32?,36+,37-,40+/m0/s1.